The van der Waals surface area contributed by atoms with E-state index in [1.165, 1.54) is 0 Å². The molecule has 0 aliphatic carbocycles. The van der Waals surface area contributed by atoms with Gasteiger partial charge in [-0.1, -0.05) is 31.5 Å². The van der Waals surface area contributed by atoms with E-state index in [-0.39, 0.29) is 23.8 Å². The molecule has 1 aromatic heterocycles. The molecule has 134 valence electrons. The van der Waals surface area contributed by atoms with Crippen LogP contribution in [0.25, 0.3) is 10.9 Å². The average Bonchev–Trinajstić information content (AvgIpc) is 3.05. The average molecular weight is 341 g/mol. The van der Waals surface area contributed by atoms with Crippen molar-refractivity contribution in [1.29, 1.82) is 0 Å². The first-order valence-corrected chi connectivity index (χ1v) is 9.26. The van der Waals surface area contributed by atoms with Crippen molar-refractivity contribution in [3.63, 3.8) is 0 Å². The van der Waals surface area contributed by atoms with Gasteiger partial charge in [0, 0.05) is 30.0 Å². The van der Waals surface area contributed by atoms with Crippen LogP contribution in [0, 0.1) is 5.92 Å². The van der Waals surface area contributed by atoms with Gasteiger partial charge in [0.1, 0.15) is 5.69 Å². The van der Waals surface area contributed by atoms with Crippen LogP contribution in [-0.4, -0.2) is 40.8 Å². The molecule has 1 aromatic carbocycles. The van der Waals surface area contributed by atoms with Crippen LogP contribution in [0.15, 0.2) is 30.3 Å². The molecular weight excluding hydrogens is 314 g/mol. The van der Waals surface area contributed by atoms with Crippen LogP contribution in [-0.2, 0) is 4.79 Å². The van der Waals surface area contributed by atoms with E-state index in [0.29, 0.717) is 18.8 Å². The number of piperidine rings is 1. The normalized spacial score (nSPS) is 19.0. The molecule has 5 heteroatoms. The zero-order chi connectivity index (χ0) is 17.8. The number of benzene rings is 1. The second-order valence-electron chi connectivity index (χ2n) is 7.06. The van der Waals surface area contributed by atoms with Gasteiger partial charge in [-0.3, -0.25) is 9.59 Å². The Hall–Kier alpha value is -2.30. The summed E-state index contributed by atoms with van der Waals surface area (Å²) < 4.78 is 0. The third-order valence-corrected chi connectivity index (χ3v) is 4.95. The molecule has 2 amide bonds. The molecule has 2 heterocycles. The lowest BCUT2D eigenvalue weighted by Crippen LogP contribution is -2.47. The monoisotopic (exact) mass is 341 g/mol. The Kier molecular flexibility index (Phi) is 5.41. The smallest absolute Gasteiger partial charge is 0.270 e. The van der Waals surface area contributed by atoms with Crippen molar-refractivity contribution >= 4 is 22.7 Å². The first-order valence-electron chi connectivity index (χ1n) is 9.26. The summed E-state index contributed by atoms with van der Waals surface area (Å²) >= 11 is 0. The molecular formula is C20H27N3O2. The van der Waals surface area contributed by atoms with Gasteiger partial charge in [0.15, 0.2) is 0 Å². The molecule has 2 aromatic rings. The Labute approximate surface area is 148 Å². The SMILES string of the molecule is CCC[C@@H](C)NC(=O)[C@@H]1CCCN(C(=O)c2cc3ccccc3[nH]2)C1. The summed E-state index contributed by atoms with van der Waals surface area (Å²) in [4.78, 5) is 30.3. The maximum Gasteiger partial charge on any atom is 0.270 e. The standard InChI is InChI=1S/C20H27N3O2/c1-3-7-14(2)21-19(24)16-9-6-11-23(13-16)20(25)18-12-15-8-4-5-10-17(15)22-18/h4-5,8,10,12,14,16,22H,3,6-7,9,11,13H2,1-2H3,(H,21,24)/t14-,16-/m1/s1. The van der Waals surface area contributed by atoms with Crippen LogP contribution >= 0.6 is 0 Å². The number of para-hydroxylation sites is 1. The minimum absolute atomic E-state index is 0.0182. The number of carbonyl (C=O) groups is 2. The lowest BCUT2D eigenvalue weighted by atomic mass is 9.96. The van der Waals surface area contributed by atoms with Gasteiger partial charge in [-0.05, 0) is 38.3 Å². The van der Waals surface area contributed by atoms with Gasteiger partial charge < -0.3 is 15.2 Å². The summed E-state index contributed by atoms with van der Waals surface area (Å²) in [7, 11) is 0. The lowest BCUT2D eigenvalue weighted by molar-refractivity contribution is -0.127. The highest BCUT2D eigenvalue weighted by atomic mass is 16.2. The molecule has 1 aliphatic rings. The summed E-state index contributed by atoms with van der Waals surface area (Å²) in [5.74, 6) is -0.0493. The molecule has 5 nitrogen and oxygen atoms in total. The molecule has 0 spiro atoms. The van der Waals surface area contributed by atoms with Gasteiger partial charge >= 0.3 is 0 Å². The number of aromatic nitrogens is 1. The Balaban J connectivity index is 1.66. The van der Waals surface area contributed by atoms with Crippen LogP contribution in [0.4, 0.5) is 0 Å². The molecule has 1 saturated heterocycles. The number of nitrogens with zero attached hydrogens (tertiary/aromatic N) is 1. The van der Waals surface area contributed by atoms with E-state index in [9.17, 15) is 9.59 Å². The first kappa shape index (κ1) is 17.5. The Morgan fingerprint density at radius 2 is 2.16 bits per heavy atom. The van der Waals surface area contributed by atoms with E-state index in [1.807, 2.05) is 42.2 Å². The number of amides is 2. The van der Waals surface area contributed by atoms with Crippen LogP contribution in [0.1, 0.15) is 50.0 Å². The molecule has 2 N–H and O–H groups in total. The van der Waals surface area contributed by atoms with E-state index in [0.717, 1.165) is 36.6 Å². The zero-order valence-electron chi connectivity index (χ0n) is 15.0. The van der Waals surface area contributed by atoms with E-state index in [4.69, 9.17) is 0 Å². The molecule has 3 rings (SSSR count). The quantitative estimate of drug-likeness (QED) is 0.876. The fraction of sp³-hybridized carbons (Fsp3) is 0.500. The molecule has 0 saturated carbocycles. The molecule has 2 atom stereocenters. The number of fused-ring (bicyclic) bond motifs is 1. The highest BCUT2D eigenvalue weighted by Crippen LogP contribution is 2.21. The maximum absolute atomic E-state index is 12.8. The largest absolute Gasteiger partial charge is 0.353 e. The van der Waals surface area contributed by atoms with Gasteiger partial charge in [-0.2, -0.15) is 0 Å². The van der Waals surface area contributed by atoms with Crippen LogP contribution in [0.2, 0.25) is 0 Å². The number of likely N-dealkylation sites (tertiary alicyclic amines) is 1. The second kappa shape index (κ2) is 7.72. The summed E-state index contributed by atoms with van der Waals surface area (Å²) in [5.41, 5.74) is 1.56. The highest BCUT2D eigenvalue weighted by Gasteiger charge is 2.29. The minimum atomic E-state index is -0.110. The fourth-order valence-corrected chi connectivity index (χ4v) is 3.60. The molecule has 25 heavy (non-hydrogen) atoms. The van der Waals surface area contributed by atoms with Crippen molar-refractivity contribution in [2.24, 2.45) is 5.92 Å². The van der Waals surface area contributed by atoms with Crippen molar-refractivity contribution in [3.8, 4) is 0 Å². The molecule has 0 bridgehead atoms. The first-order chi connectivity index (χ1) is 12.1. The number of carbonyl (C=O) groups excluding carboxylic acids is 2. The van der Waals surface area contributed by atoms with Crippen molar-refractivity contribution in [2.45, 2.75) is 45.6 Å². The Bertz CT molecular complexity index is 719. The summed E-state index contributed by atoms with van der Waals surface area (Å²) in [5, 5.41) is 4.12. The molecule has 1 fully saturated rings. The van der Waals surface area contributed by atoms with Crippen molar-refractivity contribution in [3.05, 3.63) is 36.0 Å². The van der Waals surface area contributed by atoms with Gasteiger partial charge in [0.25, 0.3) is 5.91 Å². The second-order valence-corrected chi connectivity index (χ2v) is 7.06. The molecule has 0 unspecified atom stereocenters. The lowest BCUT2D eigenvalue weighted by Gasteiger charge is -2.32. The fourth-order valence-electron chi connectivity index (χ4n) is 3.60. The van der Waals surface area contributed by atoms with E-state index >= 15 is 0 Å². The van der Waals surface area contributed by atoms with E-state index in [1.54, 1.807) is 0 Å². The van der Waals surface area contributed by atoms with Crippen molar-refractivity contribution < 1.29 is 9.59 Å². The van der Waals surface area contributed by atoms with Gasteiger partial charge in [0.05, 0.1) is 5.92 Å². The third kappa shape index (κ3) is 4.03. The van der Waals surface area contributed by atoms with Crippen molar-refractivity contribution in [1.82, 2.24) is 15.2 Å². The number of nitrogens with one attached hydrogen (secondary N) is 2. The van der Waals surface area contributed by atoms with Crippen LogP contribution < -0.4 is 5.32 Å². The number of rotatable bonds is 5. The van der Waals surface area contributed by atoms with Gasteiger partial charge in [-0.25, -0.2) is 0 Å². The van der Waals surface area contributed by atoms with Crippen molar-refractivity contribution in [2.75, 3.05) is 13.1 Å². The van der Waals surface area contributed by atoms with E-state index < -0.39 is 0 Å². The summed E-state index contributed by atoms with van der Waals surface area (Å²) in [6.07, 6.45) is 3.75. The zero-order valence-corrected chi connectivity index (χ0v) is 15.0. The Morgan fingerprint density at radius 1 is 1.36 bits per heavy atom. The summed E-state index contributed by atoms with van der Waals surface area (Å²) in [6.45, 7) is 5.36. The molecule has 1 aliphatic heterocycles. The number of hydrogen-bond acceptors (Lipinski definition) is 2. The number of aromatic amines is 1. The maximum atomic E-state index is 12.8. The van der Waals surface area contributed by atoms with Crippen LogP contribution in [0.5, 0.6) is 0 Å². The third-order valence-electron chi connectivity index (χ3n) is 4.95. The number of hydrogen-bond donors (Lipinski definition) is 2. The highest BCUT2D eigenvalue weighted by molar-refractivity contribution is 5.98. The topological polar surface area (TPSA) is 65.2 Å². The minimum Gasteiger partial charge on any atom is -0.353 e. The van der Waals surface area contributed by atoms with Gasteiger partial charge in [0.2, 0.25) is 5.91 Å². The van der Waals surface area contributed by atoms with Gasteiger partial charge in [-0.15, -0.1) is 0 Å². The number of H-pyrrole nitrogens is 1. The van der Waals surface area contributed by atoms with E-state index in [2.05, 4.69) is 17.2 Å². The predicted molar refractivity (Wildman–Crippen MR) is 99.4 cm³/mol. The molecule has 0 radical (unpaired) electrons. The van der Waals surface area contributed by atoms with Crippen LogP contribution in [0.3, 0.4) is 0 Å². The Morgan fingerprint density at radius 3 is 2.92 bits per heavy atom. The summed E-state index contributed by atoms with van der Waals surface area (Å²) in [6, 6.07) is 9.95. The predicted octanol–water partition coefficient (Wildman–Crippen LogP) is 3.32.